The molecule has 0 aromatic heterocycles. The van der Waals surface area contributed by atoms with Crippen molar-refractivity contribution in [2.45, 2.75) is 0 Å². The van der Waals surface area contributed by atoms with Gasteiger partial charge in [0.05, 0.1) is 10.6 Å². The molecule has 0 aliphatic heterocycles. The van der Waals surface area contributed by atoms with Crippen LogP contribution in [0.15, 0.2) is 18.2 Å². The van der Waals surface area contributed by atoms with E-state index >= 15 is 0 Å². The molecule has 0 aliphatic carbocycles. The van der Waals surface area contributed by atoms with Gasteiger partial charge in [-0.3, -0.25) is 10.1 Å². The first-order valence-electron chi connectivity index (χ1n) is 2.85. The van der Waals surface area contributed by atoms with Gasteiger partial charge in [0.2, 0.25) is 5.75 Å². The number of phenolic OH excluding ortho intramolecular Hbond substituents is 1. The Morgan fingerprint density at radius 1 is 1.50 bits per heavy atom. The minimum atomic E-state index is -0.689. The molecule has 6 heteroatoms. The van der Waals surface area contributed by atoms with Crippen LogP contribution in [0, 0.1) is 10.1 Å². The molecule has 0 radical (unpaired) electrons. The molecule has 5 nitrogen and oxygen atoms in total. The molecule has 0 amide bonds. The van der Waals surface area contributed by atoms with Gasteiger partial charge >= 0.3 is 24.5 Å². The number of benzene rings is 1. The molecule has 0 bridgehead atoms. The molecule has 0 saturated carbocycles. The third-order valence-corrected chi connectivity index (χ3v) is 1.24. The normalized spacial score (nSPS) is 8.67. The molecule has 0 saturated heterocycles. The van der Waals surface area contributed by atoms with E-state index in [1.165, 1.54) is 18.2 Å². The quantitative estimate of drug-likeness (QED) is 0.203. The third-order valence-electron chi connectivity index (χ3n) is 1.24. The molecule has 0 unspecified atom stereocenters. The molecule has 1 rings (SSSR count). The zero-order chi connectivity index (χ0) is 8.43. The van der Waals surface area contributed by atoms with Crippen LogP contribution in [0.5, 0.6) is 5.75 Å². The first-order valence-corrected chi connectivity index (χ1v) is 2.85. The van der Waals surface area contributed by atoms with E-state index in [1.807, 2.05) is 0 Å². The molecule has 0 heterocycles. The summed E-state index contributed by atoms with van der Waals surface area (Å²) in [5, 5.41) is 19.2. The number of phenols is 1. The van der Waals surface area contributed by atoms with E-state index in [2.05, 4.69) is 0 Å². The number of rotatable bonds is 1. The maximum atomic E-state index is 10.2. The van der Waals surface area contributed by atoms with Crippen molar-refractivity contribution in [2.24, 2.45) is 0 Å². The number of nitrogen functional groups attached to an aromatic ring is 1. The van der Waals surface area contributed by atoms with Gasteiger partial charge in [0.1, 0.15) is 0 Å². The summed E-state index contributed by atoms with van der Waals surface area (Å²) in [7, 11) is 0. The second-order valence-electron chi connectivity index (χ2n) is 1.97. The van der Waals surface area contributed by atoms with Crippen LogP contribution in [0.25, 0.3) is 0 Å². The molecule has 3 N–H and O–H groups in total. The van der Waals surface area contributed by atoms with Crippen LogP contribution in [0.2, 0.25) is 0 Å². The Kier molecular flexibility index (Phi) is 3.60. The Labute approximate surface area is 80.5 Å². The summed E-state index contributed by atoms with van der Waals surface area (Å²) in [6.45, 7) is 0. The predicted molar refractivity (Wildman–Crippen MR) is 46.3 cm³/mol. The number of nitrogens with two attached hydrogens (primary N) is 1. The van der Waals surface area contributed by atoms with Crippen molar-refractivity contribution in [3.8, 4) is 5.75 Å². The third kappa shape index (κ3) is 1.91. The molecule has 1 aromatic carbocycles. The van der Waals surface area contributed by atoms with Gasteiger partial charge in [0, 0.05) is 6.07 Å². The predicted octanol–water partition coefficient (Wildman–Crippen LogP) is 0.234. The molecular formula is C6H7LiN2O3. The van der Waals surface area contributed by atoms with Crippen LogP contribution in [0.4, 0.5) is 11.4 Å². The SMILES string of the molecule is Nc1cccc([N+](=O)[O-])c1O.[LiH]. The van der Waals surface area contributed by atoms with E-state index in [9.17, 15) is 10.1 Å². The van der Waals surface area contributed by atoms with Crippen LogP contribution in [0.3, 0.4) is 0 Å². The van der Waals surface area contributed by atoms with E-state index in [1.54, 1.807) is 0 Å². The van der Waals surface area contributed by atoms with Crippen molar-refractivity contribution < 1.29 is 10.0 Å². The molecule has 12 heavy (non-hydrogen) atoms. The van der Waals surface area contributed by atoms with Crippen molar-refractivity contribution in [1.82, 2.24) is 0 Å². The van der Waals surface area contributed by atoms with E-state index in [0.717, 1.165) is 0 Å². The Morgan fingerprint density at radius 2 is 2.08 bits per heavy atom. The maximum absolute atomic E-state index is 10.2. The Morgan fingerprint density at radius 3 is 2.50 bits per heavy atom. The number of anilines is 1. The van der Waals surface area contributed by atoms with E-state index < -0.39 is 10.7 Å². The summed E-state index contributed by atoms with van der Waals surface area (Å²) in [6.07, 6.45) is 0. The van der Waals surface area contributed by atoms with Gasteiger partial charge in [-0.05, 0) is 6.07 Å². The molecule has 0 fully saturated rings. The van der Waals surface area contributed by atoms with Crippen molar-refractivity contribution in [3.63, 3.8) is 0 Å². The topological polar surface area (TPSA) is 89.4 Å². The Balaban J connectivity index is 0.00000121. The van der Waals surface area contributed by atoms with E-state index in [-0.39, 0.29) is 30.2 Å². The van der Waals surface area contributed by atoms with Gasteiger partial charge in [-0.2, -0.15) is 0 Å². The van der Waals surface area contributed by atoms with Crippen LogP contribution >= 0.6 is 0 Å². The number of aromatic hydroxyl groups is 1. The van der Waals surface area contributed by atoms with Crippen molar-refractivity contribution >= 4 is 30.2 Å². The summed E-state index contributed by atoms with van der Waals surface area (Å²) in [4.78, 5) is 9.48. The fraction of sp³-hybridized carbons (Fsp3) is 0. The standard InChI is InChI=1S/C6H6N2O3.Li.H/c7-4-2-1-3-5(6(4)9)8(10)11;;/h1-3,9H,7H2;;. The van der Waals surface area contributed by atoms with Gasteiger partial charge < -0.3 is 10.8 Å². The van der Waals surface area contributed by atoms with Crippen LogP contribution in [-0.4, -0.2) is 28.9 Å². The van der Waals surface area contributed by atoms with E-state index in [0.29, 0.717) is 0 Å². The van der Waals surface area contributed by atoms with Gasteiger partial charge in [-0.25, -0.2) is 0 Å². The number of nitrogens with zero attached hydrogens (tertiary/aromatic N) is 1. The van der Waals surface area contributed by atoms with Crippen molar-refractivity contribution in [1.29, 1.82) is 0 Å². The second kappa shape index (κ2) is 4.00. The number of hydrogen-bond donors (Lipinski definition) is 2. The number of hydrogen-bond acceptors (Lipinski definition) is 4. The summed E-state index contributed by atoms with van der Waals surface area (Å²) in [5.74, 6) is -0.475. The Bertz CT molecular complexity index is 303. The second-order valence-corrected chi connectivity index (χ2v) is 1.97. The van der Waals surface area contributed by atoms with Crippen LogP contribution < -0.4 is 5.73 Å². The Hall–Kier alpha value is -1.18. The average molecular weight is 162 g/mol. The minimum absolute atomic E-state index is 0. The van der Waals surface area contributed by atoms with Crippen molar-refractivity contribution in [2.75, 3.05) is 5.73 Å². The summed E-state index contributed by atoms with van der Waals surface area (Å²) in [6, 6.07) is 3.99. The fourth-order valence-electron chi connectivity index (χ4n) is 0.696. The fourth-order valence-corrected chi connectivity index (χ4v) is 0.696. The van der Waals surface area contributed by atoms with E-state index in [4.69, 9.17) is 10.8 Å². The average Bonchev–Trinajstić information content (AvgIpc) is 1.94. The van der Waals surface area contributed by atoms with Gasteiger partial charge in [0.25, 0.3) is 0 Å². The monoisotopic (exact) mass is 162 g/mol. The van der Waals surface area contributed by atoms with Crippen LogP contribution in [-0.2, 0) is 0 Å². The number of nitro groups is 1. The first-order chi connectivity index (χ1) is 5.13. The zero-order valence-corrected chi connectivity index (χ0v) is 5.52. The number of nitro benzene ring substituents is 1. The molecule has 0 spiro atoms. The molecular weight excluding hydrogens is 155 g/mol. The molecule has 0 aliphatic rings. The number of para-hydroxylation sites is 1. The molecule has 1 aromatic rings. The summed E-state index contributed by atoms with van der Waals surface area (Å²) in [5.41, 5.74) is 4.85. The van der Waals surface area contributed by atoms with Gasteiger partial charge in [0.15, 0.2) is 0 Å². The van der Waals surface area contributed by atoms with Gasteiger partial charge in [-0.1, -0.05) is 6.07 Å². The van der Waals surface area contributed by atoms with Gasteiger partial charge in [-0.15, -0.1) is 0 Å². The van der Waals surface area contributed by atoms with Crippen molar-refractivity contribution in [3.05, 3.63) is 28.3 Å². The van der Waals surface area contributed by atoms with Crippen LogP contribution in [0.1, 0.15) is 0 Å². The first kappa shape index (κ1) is 10.8. The summed E-state index contributed by atoms with van der Waals surface area (Å²) >= 11 is 0. The molecule has 60 valence electrons. The summed E-state index contributed by atoms with van der Waals surface area (Å²) < 4.78 is 0. The molecule has 0 atom stereocenters. The zero-order valence-electron chi connectivity index (χ0n) is 5.52.